The van der Waals surface area contributed by atoms with E-state index in [0.717, 1.165) is 70.6 Å². The molecule has 1 unspecified atom stereocenters. The lowest BCUT2D eigenvalue weighted by Crippen LogP contribution is -2.30. The molecular weight excluding hydrogens is 841 g/mol. The van der Waals surface area contributed by atoms with Gasteiger partial charge in [0.2, 0.25) is 0 Å². The molecule has 0 saturated carbocycles. The minimum absolute atomic E-state index is 0.0665. The van der Waals surface area contributed by atoms with Crippen molar-refractivity contribution in [1.82, 2.24) is 0 Å². The normalized spacial score (nSPS) is 12.2. The lowest BCUT2D eigenvalue weighted by molar-refractivity contribution is -0.167. The fourth-order valence-electron chi connectivity index (χ4n) is 8.86. The molecule has 0 aliphatic rings. The Balaban J connectivity index is 3.90. The standard InChI is InChI=1S/C62H114O6/c1-4-7-10-13-16-19-20-21-22-23-24-25-26-27-28-29-30-31-32-33-34-35-36-37-38-39-40-41-42-44-46-49-52-55-61(64)67-58-59(57-66-60(63)54-51-48-45-18-15-12-9-6-3)68-62(65)56-53-50-47-43-17-14-11-8-5-2/h20-21,23-24,26-27,59H,4-19,22,25,28-58H2,1-3H3/b21-20-,24-23-,27-26-. The summed E-state index contributed by atoms with van der Waals surface area (Å²) in [6.07, 6.45) is 69.0. The number of hydrogen-bond acceptors (Lipinski definition) is 6. The Bertz CT molecular complexity index is 1140. The summed E-state index contributed by atoms with van der Waals surface area (Å²) >= 11 is 0. The van der Waals surface area contributed by atoms with Gasteiger partial charge in [0, 0.05) is 19.3 Å². The Labute approximate surface area is 423 Å². The first-order valence-electron chi connectivity index (χ1n) is 30.0. The van der Waals surface area contributed by atoms with Crippen molar-refractivity contribution < 1.29 is 28.6 Å². The molecule has 0 N–H and O–H groups in total. The smallest absolute Gasteiger partial charge is 0.306 e. The zero-order valence-corrected chi connectivity index (χ0v) is 45.6. The second-order valence-electron chi connectivity index (χ2n) is 20.3. The van der Waals surface area contributed by atoms with Crippen molar-refractivity contribution in [3.05, 3.63) is 36.5 Å². The van der Waals surface area contributed by atoms with Crippen LogP contribution in [0.4, 0.5) is 0 Å². The topological polar surface area (TPSA) is 78.9 Å². The van der Waals surface area contributed by atoms with Gasteiger partial charge in [-0.2, -0.15) is 0 Å². The SMILES string of the molecule is CCCCCCC/C=C\C/C=C\C/C=C\CCCCCCCCCCCCCCCCCCCCC(=O)OCC(COC(=O)CCCCCCCCCC)OC(=O)CCCCCCCCCCC. The van der Waals surface area contributed by atoms with Gasteiger partial charge in [0.1, 0.15) is 13.2 Å². The van der Waals surface area contributed by atoms with Gasteiger partial charge in [-0.15, -0.1) is 0 Å². The zero-order valence-electron chi connectivity index (χ0n) is 45.6. The van der Waals surface area contributed by atoms with Crippen LogP contribution in [-0.2, 0) is 28.6 Å². The summed E-state index contributed by atoms with van der Waals surface area (Å²) in [5.41, 5.74) is 0. The summed E-state index contributed by atoms with van der Waals surface area (Å²) < 4.78 is 16.7. The predicted molar refractivity (Wildman–Crippen MR) is 293 cm³/mol. The average molecular weight is 956 g/mol. The largest absolute Gasteiger partial charge is 0.462 e. The Kier molecular flexibility index (Phi) is 55.2. The van der Waals surface area contributed by atoms with E-state index in [0.29, 0.717) is 19.3 Å². The van der Waals surface area contributed by atoms with Crippen molar-refractivity contribution in [3.63, 3.8) is 0 Å². The van der Waals surface area contributed by atoms with Gasteiger partial charge < -0.3 is 14.2 Å². The molecule has 0 aromatic heterocycles. The number of carbonyl (C=O) groups excluding carboxylic acids is 3. The highest BCUT2D eigenvalue weighted by molar-refractivity contribution is 5.71. The van der Waals surface area contributed by atoms with Gasteiger partial charge in [-0.05, 0) is 57.8 Å². The summed E-state index contributed by atoms with van der Waals surface area (Å²) in [5, 5.41) is 0. The van der Waals surface area contributed by atoms with Crippen LogP contribution in [0.3, 0.4) is 0 Å². The molecule has 398 valence electrons. The van der Waals surface area contributed by atoms with Crippen molar-refractivity contribution in [3.8, 4) is 0 Å². The molecule has 0 saturated heterocycles. The molecule has 0 rings (SSSR count). The molecule has 6 heteroatoms. The highest BCUT2D eigenvalue weighted by Gasteiger charge is 2.19. The van der Waals surface area contributed by atoms with Crippen LogP contribution in [0.25, 0.3) is 0 Å². The molecule has 0 aromatic rings. The van der Waals surface area contributed by atoms with Crippen molar-refractivity contribution in [2.24, 2.45) is 0 Å². The second-order valence-corrected chi connectivity index (χ2v) is 20.3. The number of esters is 3. The van der Waals surface area contributed by atoms with E-state index in [4.69, 9.17) is 14.2 Å². The van der Waals surface area contributed by atoms with E-state index in [2.05, 4.69) is 57.2 Å². The number of rotatable bonds is 55. The maximum Gasteiger partial charge on any atom is 0.306 e. The quantitative estimate of drug-likeness (QED) is 0.0262. The van der Waals surface area contributed by atoms with Gasteiger partial charge in [0.05, 0.1) is 0 Å². The van der Waals surface area contributed by atoms with E-state index >= 15 is 0 Å². The first-order valence-corrected chi connectivity index (χ1v) is 30.0. The predicted octanol–water partition coefficient (Wildman–Crippen LogP) is 20.0. The lowest BCUT2D eigenvalue weighted by Gasteiger charge is -2.18. The molecule has 0 heterocycles. The molecule has 0 aliphatic heterocycles. The van der Waals surface area contributed by atoms with Gasteiger partial charge in [-0.25, -0.2) is 0 Å². The average Bonchev–Trinajstić information content (AvgIpc) is 3.34. The Morgan fingerprint density at radius 2 is 0.529 bits per heavy atom. The van der Waals surface area contributed by atoms with Crippen molar-refractivity contribution in [1.29, 1.82) is 0 Å². The summed E-state index contributed by atoms with van der Waals surface area (Å²) in [5.74, 6) is -0.859. The zero-order chi connectivity index (χ0) is 49.3. The van der Waals surface area contributed by atoms with Crippen LogP contribution < -0.4 is 0 Å². The summed E-state index contributed by atoms with van der Waals surface area (Å²) in [7, 11) is 0. The summed E-state index contributed by atoms with van der Waals surface area (Å²) in [6.45, 7) is 6.61. The minimum Gasteiger partial charge on any atom is -0.462 e. The molecule has 6 nitrogen and oxygen atoms in total. The van der Waals surface area contributed by atoms with Gasteiger partial charge >= 0.3 is 17.9 Å². The number of allylic oxidation sites excluding steroid dienone is 6. The highest BCUT2D eigenvalue weighted by Crippen LogP contribution is 2.17. The van der Waals surface area contributed by atoms with Gasteiger partial charge in [-0.1, -0.05) is 282 Å². The fraction of sp³-hybridized carbons (Fsp3) is 0.855. The van der Waals surface area contributed by atoms with Gasteiger partial charge in [0.15, 0.2) is 6.10 Å². The molecule has 0 amide bonds. The maximum atomic E-state index is 12.7. The lowest BCUT2D eigenvalue weighted by atomic mass is 10.0. The van der Waals surface area contributed by atoms with Gasteiger partial charge in [-0.3, -0.25) is 14.4 Å². The van der Waals surface area contributed by atoms with Crippen LogP contribution in [0.15, 0.2) is 36.5 Å². The third kappa shape index (κ3) is 54.6. The molecular formula is C62H114O6. The van der Waals surface area contributed by atoms with Crippen LogP contribution >= 0.6 is 0 Å². The summed E-state index contributed by atoms with van der Waals surface area (Å²) in [6, 6.07) is 0. The second kappa shape index (κ2) is 57.2. The molecule has 0 bridgehead atoms. The fourth-order valence-corrected chi connectivity index (χ4v) is 8.86. The monoisotopic (exact) mass is 955 g/mol. The Hall–Kier alpha value is -2.37. The van der Waals surface area contributed by atoms with Crippen LogP contribution in [0.1, 0.15) is 323 Å². The van der Waals surface area contributed by atoms with Crippen LogP contribution in [0, 0.1) is 0 Å². The van der Waals surface area contributed by atoms with E-state index < -0.39 is 6.10 Å². The van der Waals surface area contributed by atoms with E-state index in [9.17, 15) is 14.4 Å². The maximum absolute atomic E-state index is 12.7. The van der Waals surface area contributed by atoms with Crippen LogP contribution in [0.5, 0.6) is 0 Å². The number of ether oxygens (including phenoxy) is 3. The van der Waals surface area contributed by atoms with E-state index in [1.807, 2.05) is 0 Å². The molecule has 0 aliphatic carbocycles. The molecule has 0 fully saturated rings. The molecule has 0 radical (unpaired) electrons. The minimum atomic E-state index is -0.762. The Morgan fingerprint density at radius 3 is 0.824 bits per heavy atom. The number of carbonyl (C=O) groups is 3. The van der Waals surface area contributed by atoms with E-state index in [1.54, 1.807) is 0 Å². The first kappa shape index (κ1) is 65.6. The van der Waals surface area contributed by atoms with Crippen LogP contribution in [-0.4, -0.2) is 37.2 Å². The van der Waals surface area contributed by atoms with E-state index in [1.165, 1.54) is 212 Å². The van der Waals surface area contributed by atoms with E-state index in [-0.39, 0.29) is 31.1 Å². The first-order chi connectivity index (χ1) is 33.5. The molecule has 0 spiro atoms. The molecule has 0 aromatic carbocycles. The summed E-state index contributed by atoms with van der Waals surface area (Å²) in [4.78, 5) is 37.8. The third-order valence-electron chi connectivity index (χ3n) is 13.4. The number of unbranched alkanes of at least 4 members (excludes halogenated alkanes) is 38. The van der Waals surface area contributed by atoms with Crippen molar-refractivity contribution >= 4 is 17.9 Å². The molecule has 68 heavy (non-hydrogen) atoms. The van der Waals surface area contributed by atoms with Crippen LogP contribution in [0.2, 0.25) is 0 Å². The number of hydrogen-bond donors (Lipinski definition) is 0. The van der Waals surface area contributed by atoms with Crippen molar-refractivity contribution in [2.45, 2.75) is 329 Å². The van der Waals surface area contributed by atoms with Crippen molar-refractivity contribution in [2.75, 3.05) is 13.2 Å². The van der Waals surface area contributed by atoms with Gasteiger partial charge in [0.25, 0.3) is 0 Å². The third-order valence-corrected chi connectivity index (χ3v) is 13.4. The Morgan fingerprint density at radius 1 is 0.294 bits per heavy atom. The highest BCUT2D eigenvalue weighted by atomic mass is 16.6. The molecule has 1 atom stereocenters.